The lowest BCUT2D eigenvalue weighted by Gasteiger charge is -2.31. The Morgan fingerprint density at radius 2 is 1.80 bits per heavy atom. The summed E-state index contributed by atoms with van der Waals surface area (Å²) in [4.78, 5) is 31.8. The third kappa shape index (κ3) is 6.73. The van der Waals surface area contributed by atoms with Gasteiger partial charge in [-0.15, -0.1) is 0 Å². The van der Waals surface area contributed by atoms with Gasteiger partial charge in [-0.3, -0.25) is 9.59 Å². The molecule has 0 saturated carbocycles. The maximum absolute atomic E-state index is 12.4. The van der Waals surface area contributed by atoms with Crippen LogP contribution in [0.2, 0.25) is 5.02 Å². The molecule has 3 aromatic rings. The quantitative estimate of drug-likeness (QED) is 0.434. The fraction of sp³-hybridized carbons (Fsp3) is 0.393. The zero-order valence-corrected chi connectivity index (χ0v) is 21.2. The van der Waals surface area contributed by atoms with Gasteiger partial charge in [-0.25, -0.2) is 4.98 Å². The number of carbonyl (C=O) groups excluding carboxylic acids is 2. The SMILES string of the molecule is Cc1cc(N2CCC(C)CC2)nc2ccc(NC(=O)CCC(=O)NCCc3ccccc3Cl)cc12. The lowest BCUT2D eigenvalue weighted by molar-refractivity contribution is -0.124. The zero-order valence-electron chi connectivity index (χ0n) is 20.4. The molecule has 0 aliphatic carbocycles. The van der Waals surface area contributed by atoms with Crippen LogP contribution in [0.3, 0.4) is 0 Å². The number of aryl methyl sites for hydroxylation is 1. The Bertz CT molecular complexity index is 1200. The standard InChI is InChI=1S/C28H33ClN4O2/c1-19-12-15-33(16-13-19)26-17-20(2)23-18-22(7-8-25(23)32-26)31-28(35)10-9-27(34)30-14-11-21-5-3-4-6-24(21)29/h3-8,17-19H,9-16H2,1-2H3,(H,30,34)(H,31,35). The number of rotatable bonds is 8. The van der Waals surface area contributed by atoms with E-state index in [-0.39, 0.29) is 24.7 Å². The van der Waals surface area contributed by atoms with E-state index in [9.17, 15) is 9.59 Å². The van der Waals surface area contributed by atoms with Crippen LogP contribution in [0.15, 0.2) is 48.5 Å². The Balaban J connectivity index is 1.28. The van der Waals surface area contributed by atoms with Crippen molar-refractivity contribution in [2.45, 2.75) is 46.0 Å². The average Bonchev–Trinajstić information content (AvgIpc) is 2.85. The van der Waals surface area contributed by atoms with Crippen molar-refractivity contribution in [3.63, 3.8) is 0 Å². The van der Waals surface area contributed by atoms with E-state index in [1.807, 2.05) is 42.5 Å². The van der Waals surface area contributed by atoms with Gasteiger partial charge in [-0.1, -0.05) is 36.7 Å². The number of aromatic nitrogens is 1. The van der Waals surface area contributed by atoms with Crippen LogP contribution >= 0.6 is 11.6 Å². The van der Waals surface area contributed by atoms with Gasteiger partial charge in [0, 0.05) is 48.6 Å². The molecule has 0 unspecified atom stereocenters. The van der Waals surface area contributed by atoms with Gasteiger partial charge >= 0.3 is 0 Å². The van der Waals surface area contributed by atoms with Gasteiger partial charge in [0.05, 0.1) is 5.52 Å². The highest BCUT2D eigenvalue weighted by Gasteiger charge is 2.18. The molecule has 1 aliphatic heterocycles. The van der Waals surface area contributed by atoms with Crippen molar-refractivity contribution in [1.82, 2.24) is 10.3 Å². The molecule has 2 amide bonds. The summed E-state index contributed by atoms with van der Waals surface area (Å²) in [6, 6.07) is 15.5. The van der Waals surface area contributed by atoms with Crippen LogP contribution in [0.1, 0.15) is 43.7 Å². The van der Waals surface area contributed by atoms with Crippen LogP contribution in [0, 0.1) is 12.8 Å². The van der Waals surface area contributed by atoms with Crippen LogP contribution in [-0.2, 0) is 16.0 Å². The van der Waals surface area contributed by atoms with Crippen molar-refractivity contribution in [3.05, 3.63) is 64.7 Å². The van der Waals surface area contributed by atoms with Crippen LogP contribution in [0.4, 0.5) is 11.5 Å². The minimum Gasteiger partial charge on any atom is -0.357 e. The van der Waals surface area contributed by atoms with Gasteiger partial charge in [-0.05, 0) is 73.6 Å². The maximum atomic E-state index is 12.4. The van der Waals surface area contributed by atoms with Gasteiger partial charge in [0.2, 0.25) is 11.8 Å². The molecule has 7 heteroatoms. The molecule has 0 bridgehead atoms. The van der Waals surface area contributed by atoms with Crippen LogP contribution in [0.5, 0.6) is 0 Å². The van der Waals surface area contributed by atoms with Gasteiger partial charge < -0.3 is 15.5 Å². The first-order chi connectivity index (χ1) is 16.9. The lowest BCUT2D eigenvalue weighted by atomic mass is 9.99. The van der Waals surface area contributed by atoms with E-state index in [1.165, 1.54) is 12.8 Å². The molecular formula is C28H33ClN4O2. The lowest BCUT2D eigenvalue weighted by Crippen LogP contribution is -2.33. The second-order valence-electron chi connectivity index (χ2n) is 9.44. The van der Waals surface area contributed by atoms with Crippen LogP contribution in [-0.4, -0.2) is 36.4 Å². The molecule has 184 valence electrons. The van der Waals surface area contributed by atoms with Crippen molar-refractivity contribution < 1.29 is 9.59 Å². The zero-order chi connectivity index (χ0) is 24.8. The summed E-state index contributed by atoms with van der Waals surface area (Å²) in [6.07, 6.45) is 3.31. The molecule has 0 radical (unpaired) electrons. The minimum absolute atomic E-state index is 0.125. The van der Waals surface area contributed by atoms with Crippen LogP contribution in [0.25, 0.3) is 10.9 Å². The number of benzene rings is 2. The highest BCUT2D eigenvalue weighted by Crippen LogP contribution is 2.28. The summed E-state index contributed by atoms with van der Waals surface area (Å²) in [5.41, 5.74) is 3.77. The van der Waals surface area contributed by atoms with Crippen LogP contribution < -0.4 is 15.5 Å². The molecule has 1 aromatic heterocycles. The number of hydrogen-bond donors (Lipinski definition) is 2. The van der Waals surface area contributed by atoms with Crippen molar-refractivity contribution in [2.75, 3.05) is 29.9 Å². The molecule has 2 aromatic carbocycles. The number of pyridine rings is 1. The summed E-state index contributed by atoms with van der Waals surface area (Å²) in [5, 5.41) is 7.48. The molecular weight excluding hydrogens is 460 g/mol. The molecule has 2 N–H and O–H groups in total. The summed E-state index contributed by atoms with van der Waals surface area (Å²) < 4.78 is 0. The molecule has 4 rings (SSSR count). The van der Waals surface area contributed by atoms with Gasteiger partial charge in [0.1, 0.15) is 5.82 Å². The predicted molar refractivity (Wildman–Crippen MR) is 143 cm³/mol. The largest absolute Gasteiger partial charge is 0.357 e. The third-order valence-corrected chi connectivity index (χ3v) is 7.02. The Morgan fingerprint density at radius 3 is 2.57 bits per heavy atom. The second kappa shape index (κ2) is 11.5. The fourth-order valence-corrected chi connectivity index (χ4v) is 4.66. The number of hydrogen-bond acceptors (Lipinski definition) is 4. The summed E-state index contributed by atoms with van der Waals surface area (Å²) >= 11 is 6.14. The number of carbonyl (C=O) groups is 2. The van der Waals surface area contributed by atoms with E-state index >= 15 is 0 Å². The number of nitrogens with zero attached hydrogens (tertiary/aromatic N) is 2. The molecule has 0 spiro atoms. The minimum atomic E-state index is -0.185. The first kappa shape index (κ1) is 25.0. The third-order valence-electron chi connectivity index (χ3n) is 6.65. The molecule has 35 heavy (non-hydrogen) atoms. The van der Waals surface area contributed by atoms with Crippen molar-refractivity contribution in [1.29, 1.82) is 0 Å². The normalized spacial score (nSPS) is 14.2. The van der Waals surface area contributed by atoms with Gasteiger partial charge in [-0.2, -0.15) is 0 Å². The number of fused-ring (bicyclic) bond motifs is 1. The van der Waals surface area contributed by atoms with E-state index in [0.29, 0.717) is 23.7 Å². The fourth-order valence-electron chi connectivity index (χ4n) is 4.43. The summed E-state index contributed by atoms with van der Waals surface area (Å²) in [7, 11) is 0. The average molecular weight is 493 g/mol. The highest BCUT2D eigenvalue weighted by molar-refractivity contribution is 6.31. The molecule has 6 nitrogen and oxygen atoms in total. The Labute approximate surface area is 212 Å². The predicted octanol–water partition coefficient (Wildman–Crippen LogP) is 5.51. The van der Waals surface area contributed by atoms with E-state index in [4.69, 9.17) is 16.6 Å². The number of amides is 2. The van der Waals surface area contributed by atoms with E-state index in [2.05, 4.69) is 35.4 Å². The molecule has 2 heterocycles. The van der Waals surface area contributed by atoms with Crippen molar-refractivity contribution in [3.8, 4) is 0 Å². The van der Waals surface area contributed by atoms with Crippen molar-refractivity contribution >= 4 is 45.8 Å². The Kier molecular flexibility index (Phi) is 8.24. The summed E-state index contributed by atoms with van der Waals surface area (Å²) in [5.74, 6) is 1.47. The highest BCUT2D eigenvalue weighted by atomic mass is 35.5. The molecule has 1 aliphatic rings. The van der Waals surface area contributed by atoms with E-state index < -0.39 is 0 Å². The van der Waals surface area contributed by atoms with Gasteiger partial charge in [0.25, 0.3) is 0 Å². The van der Waals surface area contributed by atoms with E-state index in [1.54, 1.807) is 0 Å². The monoisotopic (exact) mass is 492 g/mol. The number of halogens is 1. The first-order valence-electron chi connectivity index (χ1n) is 12.4. The first-order valence-corrected chi connectivity index (χ1v) is 12.7. The Morgan fingerprint density at radius 1 is 1.06 bits per heavy atom. The Hall–Kier alpha value is -3.12. The topological polar surface area (TPSA) is 74.3 Å². The molecule has 1 fully saturated rings. The number of anilines is 2. The molecule has 1 saturated heterocycles. The maximum Gasteiger partial charge on any atom is 0.224 e. The smallest absolute Gasteiger partial charge is 0.224 e. The number of nitrogens with one attached hydrogen (secondary N) is 2. The van der Waals surface area contributed by atoms with Crippen molar-refractivity contribution in [2.24, 2.45) is 5.92 Å². The number of piperidine rings is 1. The second-order valence-corrected chi connectivity index (χ2v) is 9.85. The van der Waals surface area contributed by atoms with E-state index in [0.717, 1.165) is 46.9 Å². The van der Waals surface area contributed by atoms with Gasteiger partial charge in [0.15, 0.2) is 0 Å². The molecule has 0 atom stereocenters. The summed E-state index contributed by atoms with van der Waals surface area (Å²) in [6.45, 7) is 6.96.